The Balaban J connectivity index is 0.823. The molecule has 324 valence electrons. The van der Waals surface area contributed by atoms with Crippen LogP contribution in [0.1, 0.15) is 106 Å². The number of rotatable bonds is 11. The molecule has 15 nitrogen and oxygen atoms in total. The van der Waals surface area contributed by atoms with E-state index in [1.165, 1.54) is 0 Å². The van der Waals surface area contributed by atoms with Crippen LogP contribution in [-0.4, -0.2) is 102 Å². The minimum Gasteiger partial charge on any atom is -0.382 e. The number of carbonyl (C=O) groups excluding carboxylic acids is 4. The quantitative estimate of drug-likeness (QED) is 0.117. The number of hydrogen-bond donors (Lipinski definition) is 3. The van der Waals surface area contributed by atoms with Gasteiger partial charge in [-0.15, -0.1) is 21.5 Å². The summed E-state index contributed by atoms with van der Waals surface area (Å²) in [6.07, 6.45) is 7.43. The first-order chi connectivity index (χ1) is 30.5. The number of anilines is 1. The first-order valence-electron chi connectivity index (χ1n) is 21.5. The zero-order valence-electron chi connectivity index (χ0n) is 35.4. The van der Waals surface area contributed by atoms with E-state index < -0.39 is 18.0 Å². The highest BCUT2D eigenvalue weighted by molar-refractivity contribution is 7.15. The van der Waals surface area contributed by atoms with Gasteiger partial charge in [-0.1, -0.05) is 41.6 Å². The highest BCUT2D eigenvalue weighted by Gasteiger charge is 2.40. The van der Waals surface area contributed by atoms with Crippen LogP contribution in [0, 0.1) is 25.7 Å². The summed E-state index contributed by atoms with van der Waals surface area (Å²) in [6.45, 7) is 10.4. The molecule has 63 heavy (non-hydrogen) atoms. The molecule has 0 radical (unpaired) electrons. The number of halogens is 1. The van der Waals surface area contributed by atoms with Crippen molar-refractivity contribution in [3.8, 4) is 16.8 Å². The van der Waals surface area contributed by atoms with Crippen molar-refractivity contribution in [1.29, 1.82) is 0 Å². The number of benzene rings is 2. The Kier molecular flexibility index (Phi) is 12.0. The van der Waals surface area contributed by atoms with Gasteiger partial charge in [0.05, 0.1) is 28.8 Å². The average Bonchev–Trinajstić information content (AvgIpc) is 4.03. The number of likely N-dealkylation sites (tertiary alicyclic amines) is 1. The van der Waals surface area contributed by atoms with Crippen LogP contribution in [0.25, 0.3) is 5.00 Å². The van der Waals surface area contributed by atoms with Gasteiger partial charge in [0.25, 0.3) is 5.91 Å². The Labute approximate surface area is 374 Å². The Morgan fingerprint density at radius 1 is 1.02 bits per heavy atom. The van der Waals surface area contributed by atoms with Crippen LogP contribution in [0.15, 0.2) is 59.9 Å². The van der Waals surface area contributed by atoms with Gasteiger partial charge in [0.1, 0.15) is 22.9 Å². The van der Waals surface area contributed by atoms with E-state index >= 15 is 0 Å². The lowest BCUT2D eigenvalue weighted by Crippen LogP contribution is -2.52. The maximum Gasteiger partial charge on any atom is 0.255 e. The Hall–Kier alpha value is -6.15. The van der Waals surface area contributed by atoms with Gasteiger partial charge < -0.3 is 20.4 Å². The normalized spacial score (nSPS) is 18.8. The molecule has 3 aromatic heterocycles. The van der Waals surface area contributed by atoms with E-state index in [0.29, 0.717) is 41.7 Å². The Bertz CT molecular complexity index is 2700. The molecule has 0 bridgehead atoms. The lowest BCUT2D eigenvalue weighted by molar-refractivity contribution is -0.137. The fraction of sp³-hybridized carbons (Fsp3) is 0.391. The fourth-order valence-corrected chi connectivity index (χ4v) is 10.3. The summed E-state index contributed by atoms with van der Waals surface area (Å²) in [5, 5.41) is 24.1. The molecule has 1 unspecified atom stereocenters. The largest absolute Gasteiger partial charge is 0.382 e. The topological polar surface area (TPSA) is 172 Å². The van der Waals surface area contributed by atoms with Crippen molar-refractivity contribution in [2.45, 2.75) is 90.5 Å². The van der Waals surface area contributed by atoms with Crippen LogP contribution in [-0.2, 0) is 27.5 Å². The number of fused-ring (bicyclic) bond motifs is 4. The first kappa shape index (κ1) is 42.2. The molecular weight excluding hydrogens is 838 g/mol. The van der Waals surface area contributed by atoms with Crippen molar-refractivity contribution in [2.24, 2.45) is 4.99 Å². The van der Waals surface area contributed by atoms with Crippen LogP contribution in [0.3, 0.4) is 0 Å². The number of aryl methyl sites for hydroxylation is 2. The van der Waals surface area contributed by atoms with Gasteiger partial charge in [-0.25, -0.2) is 0 Å². The summed E-state index contributed by atoms with van der Waals surface area (Å²) in [6, 6.07) is 12.4. The molecule has 2 fully saturated rings. The van der Waals surface area contributed by atoms with Gasteiger partial charge in [0, 0.05) is 84.3 Å². The van der Waals surface area contributed by atoms with Crippen LogP contribution in [0.5, 0.6) is 0 Å². The molecule has 0 saturated carbocycles. The zero-order chi connectivity index (χ0) is 43.8. The van der Waals surface area contributed by atoms with Crippen LogP contribution in [0.2, 0.25) is 5.02 Å². The molecule has 2 atom stereocenters. The van der Waals surface area contributed by atoms with Crippen molar-refractivity contribution in [3.05, 3.63) is 110 Å². The van der Waals surface area contributed by atoms with Crippen molar-refractivity contribution in [2.75, 3.05) is 31.5 Å². The van der Waals surface area contributed by atoms with E-state index in [2.05, 4.69) is 54.9 Å². The lowest BCUT2D eigenvalue weighted by Gasteiger charge is -2.33. The molecule has 17 heteroatoms. The molecule has 4 aliphatic heterocycles. The molecule has 4 amide bonds. The van der Waals surface area contributed by atoms with Crippen molar-refractivity contribution >= 4 is 58.0 Å². The molecule has 2 saturated heterocycles. The minimum atomic E-state index is -0.629. The van der Waals surface area contributed by atoms with E-state index in [-0.39, 0.29) is 36.6 Å². The second-order valence-corrected chi connectivity index (χ2v) is 17.9. The molecule has 2 aromatic carbocycles. The number of imide groups is 1. The van der Waals surface area contributed by atoms with Gasteiger partial charge >= 0.3 is 0 Å². The van der Waals surface area contributed by atoms with E-state index in [4.69, 9.17) is 16.6 Å². The molecule has 9 rings (SSSR count). The second kappa shape index (κ2) is 17.9. The number of hydrogen-bond acceptors (Lipinski definition) is 11. The number of nitrogens with one attached hydrogen (secondary N) is 3. The molecule has 0 spiro atoms. The van der Waals surface area contributed by atoms with Gasteiger partial charge in [-0.3, -0.25) is 38.7 Å². The minimum absolute atomic E-state index is 0.103. The SMILES string of the molecule is CCNC(=O)C[C@@H]1N=C(c2ccc(Cl)cc2)c2c(sc(C#Cc3cnn(CCCN4CCC(Nc5cccc6c5CN(C5CCC(=O)NC5=O)C6=O)CC4)c3)c2C)-n2c(C)nnc21. The van der Waals surface area contributed by atoms with Crippen molar-refractivity contribution < 1.29 is 19.2 Å². The van der Waals surface area contributed by atoms with E-state index in [0.717, 1.165) is 94.5 Å². The average molecular weight is 886 g/mol. The highest BCUT2D eigenvalue weighted by atomic mass is 35.5. The van der Waals surface area contributed by atoms with Gasteiger partial charge in [-0.05, 0) is 82.8 Å². The summed E-state index contributed by atoms with van der Waals surface area (Å²) in [5.41, 5.74) is 6.87. The molecular formula is C46H48ClN11O4S. The summed E-state index contributed by atoms with van der Waals surface area (Å²) in [4.78, 5) is 60.6. The van der Waals surface area contributed by atoms with Crippen molar-refractivity contribution in [3.63, 3.8) is 0 Å². The first-order valence-corrected chi connectivity index (χ1v) is 22.7. The molecule has 4 aliphatic rings. The maximum absolute atomic E-state index is 13.3. The predicted molar refractivity (Wildman–Crippen MR) is 240 cm³/mol. The van der Waals surface area contributed by atoms with E-state index in [9.17, 15) is 19.2 Å². The monoisotopic (exact) mass is 885 g/mol. The molecule has 7 heterocycles. The van der Waals surface area contributed by atoms with E-state index in [1.54, 1.807) is 16.2 Å². The maximum atomic E-state index is 13.3. The number of aliphatic imine (C=N–C) groups is 1. The number of thiophene rings is 1. The molecule has 0 aliphatic carbocycles. The van der Waals surface area contributed by atoms with E-state index in [1.807, 2.05) is 78.0 Å². The molecule has 5 aromatic rings. The second-order valence-electron chi connectivity index (χ2n) is 16.4. The number of amides is 4. The number of piperidine rings is 2. The standard InChI is InChI=1S/C46H48ClN11O4S/c1-4-48-40(60)23-36-43-54-53-28(3)58(43)46-41(42(51-36)30-10-12-31(47)13-11-30)27(2)38(63-46)15-9-29-24-49-56(25-29)20-6-19-55-21-17-32(18-22-55)50-35-8-5-7-33-34(35)26-57(45(33)62)37-14-16-39(59)52-44(37)61/h5,7-8,10-13,24-25,32,36-37,50H,4,6,14,16-23,26H2,1-3H3,(H,48,60)(H,52,59,61)/t36-,37?/m0/s1. The summed E-state index contributed by atoms with van der Waals surface area (Å²) in [7, 11) is 0. The van der Waals surface area contributed by atoms with Gasteiger partial charge in [0.15, 0.2) is 5.82 Å². The van der Waals surface area contributed by atoms with Crippen LogP contribution in [0.4, 0.5) is 5.69 Å². The Morgan fingerprint density at radius 3 is 2.60 bits per heavy atom. The highest BCUT2D eigenvalue weighted by Crippen LogP contribution is 2.40. The lowest BCUT2D eigenvalue weighted by atomic mass is 9.99. The smallest absolute Gasteiger partial charge is 0.255 e. The number of nitrogens with zero attached hydrogens (tertiary/aromatic N) is 8. The molecule has 3 N–H and O–H groups in total. The zero-order valence-corrected chi connectivity index (χ0v) is 37.0. The van der Waals surface area contributed by atoms with Crippen LogP contribution < -0.4 is 16.0 Å². The third-order valence-corrected chi connectivity index (χ3v) is 13.7. The summed E-state index contributed by atoms with van der Waals surface area (Å²) < 4.78 is 3.97. The summed E-state index contributed by atoms with van der Waals surface area (Å²) >= 11 is 7.86. The summed E-state index contributed by atoms with van der Waals surface area (Å²) in [5.74, 6) is 7.15. The van der Waals surface area contributed by atoms with Gasteiger partial charge in [0.2, 0.25) is 17.7 Å². The third-order valence-electron chi connectivity index (χ3n) is 12.2. The predicted octanol–water partition coefficient (Wildman–Crippen LogP) is 5.34. The number of aromatic nitrogens is 5. The van der Waals surface area contributed by atoms with Gasteiger partial charge in [-0.2, -0.15) is 5.10 Å². The van der Waals surface area contributed by atoms with Crippen LogP contribution >= 0.6 is 22.9 Å². The van der Waals surface area contributed by atoms with Crippen molar-refractivity contribution in [1.82, 2.24) is 45.0 Å². The fourth-order valence-electron chi connectivity index (χ4n) is 8.96. The number of carbonyl (C=O) groups is 4. The third kappa shape index (κ3) is 8.65. The Morgan fingerprint density at radius 2 is 1.83 bits per heavy atom.